The maximum atomic E-state index is 5.87. The van der Waals surface area contributed by atoms with Gasteiger partial charge >= 0.3 is 0 Å². The number of aromatic nitrogens is 2. The number of fused-ring (bicyclic) bond motifs is 1. The first-order valence-corrected chi connectivity index (χ1v) is 5.21. The summed E-state index contributed by atoms with van der Waals surface area (Å²) in [4.78, 5) is 4.15. The van der Waals surface area contributed by atoms with E-state index in [9.17, 15) is 0 Å². The molecule has 0 aliphatic carbocycles. The molecule has 4 N–H and O–H groups in total. The van der Waals surface area contributed by atoms with Crippen LogP contribution in [0.1, 0.15) is 12.5 Å². The van der Waals surface area contributed by atoms with Gasteiger partial charge in [0.05, 0.1) is 18.9 Å². The Kier molecular flexibility index (Phi) is 3.07. The lowest BCUT2D eigenvalue weighted by atomic mass is 10.2. The summed E-state index contributed by atoms with van der Waals surface area (Å²) in [6.07, 6.45) is 5.54. The smallest absolute Gasteiger partial charge is 0.160 e. The Balaban J connectivity index is 2.12. The van der Waals surface area contributed by atoms with Gasteiger partial charge in [-0.05, 0) is 18.6 Å². The summed E-state index contributed by atoms with van der Waals surface area (Å²) >= 11 is 0. The Morgan fingerprint density at radius 1 is 1.56 bits per heavy atom. The molecular weight excluding hydrogens is 204 g/mol. The highest BCUT2D eigenvalue weighted by molar-refractivity contribution is 5.65. The average Bonchev–Trinajstić information content (AvgIpc) is 2.65. The van der Waals surface area contributed by atoms with Crippen molar-refractivity contribution in [3.8, 4) is 0 Å². The van der Waals surface area contributed by atoms with Gasteiger partial charge in [0.1, 0.15) is 0 Å². The van der Waals surface area contributed by atoms with E-state index in [0.717, 1.165) is 11.2 Å². The number of nitrogen functional groups attached to an aromatic ring is 1. The number of pyridine rings is 1. The zero-order valence-corrected chi connectivity index (χ0v) is 9.26. The number of hydrogen-bond acceptors (Lipinski definition) is 4. The van der Waals surface area contributed by atoms with Crippen LogP contribution in [0, 0.1) is 0 Å². The molecule has 0 aliphatic rings. The molecule has 0 amide bonds. The van der Waals surface area contributed by atoms with Gasteiger partial charge in [0, 0.05) is 24.6 Å². The fourth-order valence-corrected chi connectivity index (χ4v) is 1.56. The lowest BCUT2D eigenvalue weighted by Crippen LogP contribution is -2.21. The molecule has 2 aromatic rings. The van der Waals surface area contributed by atoms with E-state index in [1.165, 1.54) is 0 Å². The first-order valence-electron chi connectivity index (χ1n) is 5.21. The van der Waals surface area contributed by atoms with Crippen molar-refractivity contribution in [2.24, 2.45) is 5.73 Å². The molecular formula is C11H16N4O. The van der Waals surface area contributed by atoms with Crippen LogP contribution in [0.4, 0.5) is 5.69 Å². The molecule has 5 heteroatoms. The normalized spacial score (nSPS) is 13.1. The van der Waals surface area contributed by atoms with Gasteiger partial charge in [0.15, 0.2) is 5.65 Å². The fraction of sp³-hybridized carbons (Fsp3) is 0.364. The monoisotopic (exact) mass is 220 g/mol. The molecule has 0 fully saturated rings. The van der Waals surface area contributed by atoms with Crippen LogP contribution in [-0.2, 0) is 11.3 Å². The van der Waals surface area contributed by atoms with E-state index in [1.807, 2.05) is 29.8 Å². The zero-order chi connectivity index (χ0) is 11.5. The molecule has 0 saturated heterocycles. The molecule has 5 nitrogen and oxygen atoms in total. The molecule has 2 heterocycles. The summed E-state index contributed by atoms with van der Waals surface area (Å²) in [5.74, 6) is 0. The molecule has 2 aromatic heterocycles. The van der Waals surface area contributed by atoms with E-state index in [2.05, 4.69) is 4.98 Å². The zero-order valence-electron chi connectivity index (χ0n) is 9.26. The quantitative estimate of drug-likeness (QED) is 0.798. The molecule has 1 atom stereocenters. The molecule has 0 spiro atoms. The van der Waals surface area contributed by atoms with Crippen molar-refractivity contribution in [1.29, 1.82) is 0 Å². The van der Waals surface area contributed by atoms with Gasteiger partial charge < -0.3 is 20.6 Å². The standard InChI is InChI=1S/C11H16N4O/c1-8(12)6-16-7-9-4-10(13)11-14-2-3-15(11)5-9/h2-5,8H,6-7,12-13H2,1H3/t8-/m1/s1. The topological polar surface area (TPSA) is 78.6 Å². The highest BCUT2D eigenvalue weighted by Crippen LogP contribution is 2.14. The number of rotatable bonds is 4. The predicted molar refractivity (Wildman–Crippen MR) is 62.9 cm³/mol. The minimum atomic E-state index is 0.0503. The Morgan fingerprint density at radius 3 is 3.12 bits per heavy atom. The minimum absolute atomic E-state index is 0.0503. The third-order valence-corrected chi connectivity index (χ3v) is 2.22. The van der Waals surface area contributed by atoms with Crippen molar-refractivity contribution in [3.63, 3.8) is 0 Å². The second-order valence-corrected chi connectivity index (χ2v) is 3.95. The third-order valence-electron chi connectivity index (χ3n) is 2.22. The highest BCUT2D eigenvalue weighted by atomic mass is 16.5. The minimum Gasteiger partial charge on any atom is -0.396 e. The molecule has 0 bridgehead atoms. The van der Waals surface area contributed by atoms with E-state index >= 15 is 0 Å². The summed E-state index contributed by atoms with van der Waals surface area (Å²) in [6, 6.07) is 1.93. The molecule has 0 aromatic carbocycles. The van der Waals surface area contributed by atoms with Gasteiger partial charge in [0.2, 0.25) is 0 Å². The molecule has 16 heavy (non-hydrogen) atoms. The van der Waals surface area contributed by atoms with Gasteiger partial charge in [-0.1, -0.05) is 0 Å². The molecule has 0 unspecified atom stereocenters. The van der Waals surface area contributed by atoms with Crippen LogP contribution in [0.5, 0.6) is 0 Å². The van der Waals surface area contributed by atoms with Crippen LogP contribution in [0.25, 0.3) is 5.65 Å². The Hall–Kier alpha value is -1.59. The number of nitrogens with two attached hydrogens (primary N) is 2. The van der Waals surface area contributed by atoms with Crippen molar-refractivity contribution in [2.45, 2.75) is 19.6 Å². The molecule has 0 radical (unpaired) electrons. The van der Waals surface area contributed by atoms with Crippen molar-refractivity contribution in [3.05, 3.63) is 30.2 Å². The van der Waals surface area contributed by atoms with Crippen LogP contribution in [0.2, 0.25) is 0 Å². The molecule has 2 rings (SSSR count). The molecule has 86 valence electrons. The second-order valence-electron chi connectivity index (χ2n) is 3.95. The summed E-state index contributed by atoms with van der Waals surface area (Å²) in [5.41, 5.74) is 13.9. The van der Waals surface area contributed by atoms with E-state index < -0.39 is 0 Å². The van der Waals surface area contributed by atoms with Crippen LogP contribution < -0.4 is 11.5 Å². The summed E-state index contributed by atoms with van der Waals surface area (Å²) < 4.78 is 7.34. The maximum Gasteiger partial charge on any atom is 0.160 e. The van der Waals surface area contributed by atoms with Crippen LogP contribution in [0.3, 0.4) is 0 Å². The Bertz CT molecular complexity index is 478. The number of nitrogens with zero attached hydrogens (tertiary/aromatic N) is 2. The average molecular weight is 220 g/mol. The van der Waals surface area contributed by atoms with Crippen LogP contribution >= 0.6 is 0 Å². The van der Waals surface area contributed by atoms with Crippen molar-refractivity contribution >= 4 is 11.3 Å². The van der Waals surface area contributed by atoms with E-state index in [1.54, 1.807) is 6.20 Å². The molecule has 0 aliphatic heterocycles. The maximum absolute atomic E-state index is 5.87. The predicted octanol–water partition coefficient (Wildman–Crippen LogP) is 0.780. The lowest BCUT2D eigenvalue weighted by Gasteiger charge is -2.08. The first kappa shape index (κ1) is 10.9. The molecule has 0 saturated carbocycles. The SMILES string of the molecule is C[C@@H](N)COCc1cc(N)c2nccn2c1. The number of ether oxygens (including phenoxy) is 1. The van der Waals surface area contributed by atoms with E-state index in [-0.39, 0.29) is 6.04 Å². The van der Waals surface area contributed by atoms with E-state index in [4.69, 9.17) is 16.2 Å². The highest BCUT2D eigenvalue weighted by Gasteiger charge is 2.03. The number of anilines is 1. The largest absolute Gasteiger partial charge is 0.396 e. The lowest BCUT2D eigenvalue weighted by molar-refractivity contribution is 0.111. The fourth-order valence-electron chi connectivity index (χ4n) is 1.56. The van der Waals surface area contributed by atoms with Crippen molar-refractivity contribution < 1.29 is 4.74 Å². The third kappa shape index (κ3) is 2.32. The Labute approximate surface area is 94.0 Å². The second kappa shape index (κ2) is 4.51. The summed E-state index contributed by atoms with van der Waals surface area (Å²) in [6.45, 7) is 2.97. The van der Waals surface area contributed by atoms with Crippen molar-refractivity contribution in [1.82, 2.24) is 9.38 Å². The van der Waals surface area contributed by atoms with Crippen LogP contribution in [0.15, 0.2) is 24.7 Å². The van der Waals surface area contributed by atoms with Gasteiger partial charge in [-0.3, -0.25) is 0 Å². The number of hydrogen-bond donors (Lipinski definition) is 2. The van der Waals surface area contributed by atoms with Gasteiger partial charge in [-0.2, -0.15) is 0 Å². The number of imidazole rings is 1. The van der Waals surface area contributed by atoms with Crippen molar-refractivity contribution in [2.75, 3.05) is 12.3 Å². The van der Waals surface area contributed by atoms with E-state index in [0.29, 0.717) is 18.9 Å². The van der Waals surface area contributed by atoms with Gasteiger partial charge in [-0.15, -0.1) is 0 Å². The summed E-state index contributed by atoms with van der Waals surface area (Å²) in [5, 5.41) is 0. The van der Waals surface area contributed by atoms with Gasteiger partial charge in [-0.25, -0.2) is 4.98 Å². The van der Waals surface area contributed by atoms with Gasteiger partial charge in [0.25, 0.3) is 0 Å². The first-order chi connectivity index (χ1) is 7.66. The summed E-state index contributed by atoms with van der Waals surface area (Å²) in [7, 11) is 0. The Morgan fingerprint density at radius 2 is 2.38 bits per heavy atom. The van der Waals surface area contributed by atoms with Crippen LogP contribution in [-0.4, -0.2) is 22.0 Å².